The van der Waals surface area contributed by atoms with Crippen molar-refractivity contribution in [3.8, 4) is 17.4 Å². The van der Waals surface area contributed by atoms with Gasteiger partial charge in [-0.25, -0.2) is 19.2 Å². The SMILES string of the molecule is COc1cc(OCCO)c(F)c([C@H](Nc2ccc(C(=N)N)cc2)c2nn(-c3ncccn3)c(=O)[nH]2)c1. The minimum Gasteiger partial charge on any atom is -0.497 e. The number of hydrogen-bond acceptors (Lipinski definition) is 9. The maximum atomic E-state index is 15.7. The summed E-state index contributed by atoms with van der Waals surface area (Å²) in [6.07, 6.45) is 2.92. The number of methoxy groups -OCH3 is 1. The van der Waals surface area contributed by atoms with Crippen LogP contribution in [-0.4, -0.2) is 56.0 Å². The van der Waals surface area contributed by atoms with E-state index in [1.807, 2.05) is 0 Å². The number of amidine groups is 1. The fraction of sp³-hybridized carbons (Fsp3) is 0.174. The average molecular weight is 494 g/mol. The minimum atomic E-state index is -1.03. The van der Waals surface area contributed by atoms with E-state index in [9.17, 15) is 4.79 Å². The van der Waals surface area contributed by atoms with Crippen LogP contribution in [0.15, 0.2) is 59.7 Å². The number of halogens is 1. The van der Waals surface area contributed by atoms with Gasteiger partial charge in [-0.15, -0.1) is 9.78 Å². The summed E-state index contributed by atoms with van der Waals surface area (Å²) in [5.41, 5.74) is 5.98. The van der Waals surface area contributed by atoms with Gasteiger partial charge in [0.25, 0.3) is 5.95 Å². The van der Waals surface area contributed by atoms with E-state index in [0.717, 1.165) is 4.68 Å². The lowest BCUT2D eigenvalue weighted by Gasteiger charge is -2.21. The van der Waals surface area contributed by atoms with Gasteiger partial charge in [-0.3, -0.25) is 10.4 Å². The van der Waals surface area contributed by atoms with Gasteiger partial charge in [0.2, 0.25) is 0 Å². The second kappa shape index (κ2) is 10.7. The van der Waals surface area contributed by atoms with Crippen molar-refractivity contribution >= 4 is 11.5 Å². The summed E-state index contributed by atoms with van der Waals surface area (Å²) in [5, 5.41) is 24.1. The molecule has 0 aliphatic rings. The van der Waals surface area contributed by atoms with Crippen LogP contribution in [0.3, 0.4) is 0 Å². The van der Waals surface area contributed by atoms with E-state index < -0.39 is 17.5 Å². The molecule has 186 valence electrons. The number of rotatable bonds is 10. The first-order chi connectivity index (χ1) is 17.4. The molecule has 0 fully saturated rings. The molecule has 0 aliphatic heterocycles. The Morgan fingerprint density at radius 2 is 2.00 bits per heavy atom. The number of nitrogens with zero attached hydrogens (tertiary/aromatic N) is 4. The van der Waals surface area contributed by atoms with Crippen molar-refractivity contribution in [3.05, 3.63) is 88.1 Å². The predicted molar refractivity (Wildman–Crippen MR) is 128 cm³/mol. The smallest absolute Gasteiger partial charge is 0.350 e. The first-order valence-electron chi connectivity index (χ1n) is 10.7. The highest BCUT2D eigenvalue weighted by Crippen LogP contribution is 2.34. The van der Waals surface area contributed by atoms with Crippen LogP contribution < -0.4 is 26.2 Å². The van der Waals surface area contributed by atoms with Gasteiger partial charge in [0.05, 0.1) is 13.7 Å². The van der Waals surface area contributed by atoms with Gasteiger partial charge in [-0.05, 0) is 36.4 Å². The number of nitrogens with one attached hydrogen (secondary N) is 3. The normalized spacial score (nSPS) is 11.6. The summed E-state index contributed by atoms with van der Waals surface area (Å²) in [6, 6.07) is 9.91. The van der Waals surface area contributed by atoms with E-state index in [1.165, 1.54) is 31.6 Å². The Labute approximate surface area is 204 Å². The molecule has 1 atom stereocenters. The third-order valence-electron chi connectivity index (χ3n) is 5.09. The number of H-pyrrole nitrogens is 1. The summed E-state index contributed by atoms with van der Waals surface area (Å²) in [6.45, 7) is -0.449. The van der Waals surface area contributed by atoms with Crippen molar-refractivity contribution in [2.75, 3.05) is 25.6 Å². The number of anilines is 1. The molecule has 0 radical (unpaired) electrons. The summed E-state index contributed by atoms with van der Waals surface area (Å²) in [7, 11) is 1.42. The monoisotopic (exact) mass is 494 g/mol. The van der Waals surface area contributed by atoms with Gasteiger partial charge < -0.3 is 25.6 Å². The molecule has 13 heteroatoms. The lowest BCUT2D eigenvalue weighted by atomic mass is 10.0. The number of nitrogens with two attached hydrogens (primary N) is 1. The van der Waals surface area contributed by atoms with Gasteiger partial charge in [0.15, 0.2) is 17.4 Å². The summed E-state index contributed by atoms with van der Waals surface area (Å²) in [4.78, 5) is 23.4. The molecular weight excluding hydrogens is 471 g/mol. The predicted octanol–water partition coefficient (Wildman–Crippen LogP) is 1.35. The Hall–Kier alpha value is -4.78. The molecule has 0 amide bonds. The summed E-state index contributed by atoms with van der Waals surface area (Å²) in [5.74, 6) is -0.616. The van der Waals surface area contributed by atoms with Gasteiger partial charge in [0.1, 0.15) is 24.2 Å². The summed E-state index contributed by atoms with van der Waals surface area (Å²) >= 11 is 0. The number of aromatic amines is 1. The molecule has 4 aromatic rings. The Morgan fingerprint density at radius 3 is 2.64 bits per heavy atom. The molecule has 0 aliphatic carbocycles. The van der Waals surface area contributed by atoms with Crippen molar-refractivity contribution in [1.82, 2.24) is 24.7 Å². The lowest BCUT2D eigenvalue weighted by Crippen LogP contribution is -2.18. The first kappa shape index (κ1) is 24.3. The molecule has 2 aromatic heterocycles. The molecule has 2 aromatic carbocycles. The van der Waals surface area contributed by atoms with Gasteiger partial charge in [0, 0.05) is 35.3 Å². The van der Waals surface area contributed by atoms with Crippen molar-refractivity contribution < 1.29 is 19.0 Å². The fourth-order valence-electron chi connectivity index (χ4n) is 3.39. The number of hydrogen-bond donors (Lipinski definition) is 5. The lowest BCUT2D eigenvalue weighted by molar-refractivity contribution is 0.195. The fourth-order valence-corrected chi connectivity index (χ4v) is 3.39. The second-order valence-electron chi connectivity index (χ2n) is 7.45. The van der Waals surface area contributed by atoms with E-state index in [0.29, 0.717) is 11.3 Å². The third kappa shape index (κ3) is 5.15. The van der Waals surface area contributed by atoms with Crippen LogP contribution in [0.5, 0.6) is 11.5 Å². The van der Waals surface area contributed by atoms with Crippen LogP contribution >= 0.6 is 0 Å². The summed E-state index contributed by atoms with van der Waals surface area (Å²) < 4.78 is 27.3. The van der Waals surface area contributed by atoms with Crippen molar-refractivity contribution in [2.45, 2.75) is 6.04 Å². The molecular formula is C23H23FN8O4. The number of ether oxygens (including phenoxy) is 2. The molecule has 0 spiro atoms. The zero-order valence-corrected chi connectivity index (χ0v) is 19.1. The molecule has 0 saturated heterocycles. The standard InChI is InChI=1S/C23H23FN8O4/c1-35-15-11-16(18(24)17(12-15)36-10-9-33)19(29-14-5-3-13(4-6-14)20(25)26)21-30-23(34)32(31-21)22-27-7-2-8-28-22/h2-8,11-12,19,29,33H,9-10H2,1H3,(H3,25,26)(H,30,31,34)/t19-/m0/s1. The third-order valence-corrected chi connectivity index (χ3v) is 5.09. The van der Waals surface area contributed by atoms with Crippen LogP contribution in [-0.2, 0) is 0 Å². The number of aromatic nitrogens is 5. The molecule has 36 heavy (non-hydrogen) atoms. The van der Waals surface area contributed by atoms with E-state index in [2.05, 4.69) is 25.4 Å². The van der Waals surface area contributed by atoms with Crippen LogP contribution in [0.1, 0.15) is 23.0 Å². The van der Waals surface area contributed by atoms with Crippen LogP contribution in [0.25, 0.3) is 5.95 Å². The van der Waals surface area contributed by atoms with Gasteiger partial charge >= 0.3 is 5.69 Å². The Balaban J connectivity index is 1.84. The number of aliphatic hydroxyl groups excluding tert-OH is 1. The molecule has 0 bridgehead atoms. The zero-order chi connectivity index (χ0) is 25.7. The average Bonchev–Trinajstić information content (AvgIpc) is 3.28. The molecule has 4 rings (SSSR count). The molecule has 2 heterocycles. The second-order valence-corrected chi connectivity index (χ2v) is 7.45. The Morgan fingerprint density at radius 1 is 1.28 bits per heavy atom. The zero-order valence-electron chi connectivity index (χ0n) is 19.1. The van der Waals surface area contributed by atoms with Gasteiger partial charge in [-0.2, -0.15) is 0 Å². The van der Waals surface area contributed by atoms with Crippen LogP contribution in [0.4, 0.5) is 10.1 Å². The van der Waals surface area contributed by atoms with Gasteiger partial charge in [-0.1, -0.05) is 0 Å². The first-order valence-corrected chi connectivity index (χ1v) is 10.7. The molecule has 6 N–H and O–H groups in total. The van der Waals surface area contributed by atoms with E-state index in [-0.39, 0.29) is 47.9 Å². The largest absolute Gasteiger partial charge is 0.497 e. The highest BCUT2D eigenvalue weighted by Gasteiger charge is 2.27. The maximum Gasteiger partial charge on any atom is 0.350 e. The van der Waals surface area contributed by atoms with Crippen molar-refractivity contribution in [1.29, 1.82) is 5.41 Å². The van der Waals surface area contributed by atoms with E-state index in [1.54, 1.807) is 30.3 Å². The number of nitrogen functional groups attached to an aromatic ring is 1. The van der Waals surface area contributed by atoms with E-state index in [4.69, 9.17) is 25.7 Å². The van der Waals surface area contributed by atoms with Crippen molar-refractivity contribution in [2.24, 2.45) is 5.73 Å². The number of benzene rings is 2. The topological polar surface area (TPSA) is 177 Å². The molecule has 0 unspecified atom stereocenters. The maximum absolute atomic E-state index is 15.7. The molecule has 0 saturated carbocycles. The Bertz CT molecular complexity index is 1410. The minimum absolute atomic E-state index is 0.0349. The quantitative estimate of drug-likeness (QED) is 0.161. The molecule has 12 nitrogen and oxygen atoms in total. The highest BCUT2D eigenvalue weighted by atomic mass is 19.1. The van der Waals surface area contributed by atoms with Crippen LogP contribution in [0.2, 0.25) is 0 Å². The van der Waals surface area contributed by atoms with Crippen molar-refractivity contribution in [3.63, 3.8) is 0 Å². The van der Waals surface area contributed by atoms with Crippen LogP contribution in [0, 0.1) is 11.2 Å². The number of aliphatic hydroxyl groups is 1. The highest BCUT2D eigenvalue weighted by molar-refractivity contribution is 5.95. The Kier molecular flexibility index (Phi) is 7.20. The van der Waals surface area contributed by atoms with E-state index >= 15 is 4.39 Å².